The van der Waals surface area contributed by atoms with Crippen LogP contribution >= 0.6 is 24.0 Å². The molecule has 0 aliphatic heterocycles. The van der Waals surface area contributed by atoms with Gasteiger partial charge in [-0.25, -0.2) is 4.79 Å². The lowest BCUT2D eigenvalue weighted by molar-refractivity contribution is 0.177. The number of ether oxygens (including phenoxy) is 2. The van der Waals surface area contributed by atoms with Gasteiger partial charge < -0.3 is 20.5 Å². The van der Waals surface area contributed by atoms with Crippen molar-refractivity contribution in [1.29, 1.82) is 0 Å². The molecule has 0 aromatic heterocycles. The molecule has 0 aliphatic carbocycles. The van der Waals surface area contributed by atoms with Crippen LogP contribution in [-0.2, 0) is 11.2 Å². The first-order chi connectivity index (χ1) is 13.4. The molecule has 0 spiro atoms. The maximum Gasteiger partial charge on any atom is 0.413 e. The van der Waals surface area contributed by atoms with Crippen molar-refractivity contribution in [3.63, 3.8) is 0 Å². The molecule has 0 bridgehead atoms. The third-order valence-corrected chi connectivity index (χ3v) is 5.62. The number of hydrogen-bond acceptors (Lipinski definition) is 6. The Kier molecular flexibility index (Phi) is 8.41. The van der Waals surface area contributed by atoms with Crippen LogP contribution in [0.25, 0.3) is 0 Å². The second-order valence-electron chi connectivity index (χ2n) is 6.02. The molecule has 2 rings (SSSR count). The smallest absolute Gasteiger partial charge is 0.413 e. The Bertz CT molecular complexity index is 813. The van der Waals surface area contributed by atoms with Crippen molar-refractivity contribution in [2.45, 2.75) is 29.9 Å². The Labute approximate surface area is 175 Å². The second kappa shape index (κ2) is 10.8. The van der Waals surface area contributed by atoms with Crippen LogP contribution in [0.15, 0.2) is 47.4 Å². The molecule has 0 aliphatic rings. The van der Waals surface area contributed by atoms with Gasteiger partial charge in [0.2, 0.25) is 0 Å². The van der Waals surface area contributed by atoms with Gasteiger partial charge in [-0.15, -0.1) is 11.8 Å². The fourth-order valence-electron chi connectivity index (χ4n) is 2.50. The average molecular weight is 420 g/mol. The van der Waals surface area contributed by atoms with Gasteiger partial charge >= 0.3 is 6.09 Å². The lowest BCUT2D eigenvalue weighted by Crippen LogP contribution is -2.34. The van der Waals surface area contributed by atoms with Crippen molar-refractivity contribution < 1.29 is 14.3 Å². The summed E-state index contributed by atoms with van der Waals surface area (Å²) in [5.41, 5.74) is 8.48. The van der Waals surface area contributed by atoms with E-state index < -0.39 is 6.09 Å². The fourth-order valence-corrected chi connectivity index (χ4v) is 3.85. The molecule has 1 unspecified atom stereocenters. The molecule has 1 amide bonds. The van der Waals surface area contributed by atoms with E-state index in [1.807, 2.05) is 30.3 Å². The van der Waals surface area contributed by atoms with E-state index in [1.165, 1.54) is 12.7 Å². The number of anilines is 2. The molecule has 1 atom stereocenters. The van der Waals surface area contributed by atoms with Gasteiger partial charge in [0.25, 0.3) is 0 Å². The predicted molar refractivity (Wildman–Crippen MR) is 119 cm³/mol. The molecule has 28 heavy (non-hydrogen) atoms. The van der Waals surface area contributed by atoms with Crippen LogP contribution in [0.3, 0.4) is 0 Å². The normalized spacial score (nSPS) is 11.4. The minimum atomic E-state index is -0.632. The second-order valence-corrected chi connectivity index (χ2v) is 7.80. The Morgan fingerprint density at radius 1 is 1.21 bits per heavy atom. The molecule has 2 aromatic carbocycles. The van der Waals surface area contributed by atoms with E-state index in [0.29, 0.717) is 16.6 Å². The molecule has 0 saturated heterocycles. The number of nitrogen functional groups attached to an aromatic ring is 1. The minimum absolute atomic E-state index is 0.131. The maximum absolute atomic E-state index is 11.3. The zero-order valence-electron chi connectivity index (χ0n) is 16.2. The molecule has 0 radical (unpaired) electrons. The van der Waals surface area contributed by atoms with Crippen LogP contribution in [0.5, 0.6) is 5.75 Å². The highest BCUT2D eigenvalue weighted by Gasteiger charge is 2.12. The van der Waals surface area contributed by atoms with Gasteiger partial charge in [0.15, 0.2) is 5.11 Å². The van der Waals surface area contributed by atoms with Gasteiger partial charge in [-0.3, -0.25) is 5.32 Å². The molecular weight excluding hydrogens is 394 g/mol. The summed E-state index contributed by atoms with van der Waals surface area (Å²) in [6, 6.07) is 13.9. The molecule has 6 nitrogen and oxygen atoms in total. The van der Waals surface area contributed by atoms with Crippen LogP contribution < -0.4 is 21.1 Å². The molecule has 8 heteroatoms. The summed E-state index contributed by atoms with van der Waals surface area (Å²) in [4.78, 5) is 12.3. The largest absolute Gasteiger partial charge is 0.497 e. The van der Waals surface area contributed by atoms with Crippen LogP contribution in [0, 0.1) is 0 Å². The maximum atomic E-state index is 11.3. The number of thioether (sulfide) groups is 1. The summed E-state index contributed by atoms with van der Waals surface area (Å²) in [6.07, 6.45) is 1.33. The Balaban J connectivity index is 2.04. The number of nitrogens with two attached hydrogens (primary N) is 1. The summed E-state index contributed by atoms with van der Waals surface area (Å²) >= 11 is 6.88. The van der Waals surface area contributed by atoms with Gasteiger partial charge in [0.1, 0.15) is 5.75 Å². The number of carbonyl (C=O) groups is 1. The predicted octanol–water partition coefficient (Wildman–Crippen LogP) is 4.44. The number of carbonyl (C=O) groups excluding carboxylic acids is 1. The first kappa shape index (κ1) is 21.8. The average Bonchev–Trinajstić information content (AvgIpc) is 2.70. The third-order valence-electron chi connectivity index (χ3n) is 4.05. The number of hydrogen-bond donors (Lipinski definition) is 3. The van der Waals surface area contributed by atoms with Crippen molar-refractivity contribution in [3.05, 3.63) is 48.0 Å². The van der Waals surface area contributed by atoms with Crippen molar-refractivity contribution in [1.82, 2.24) is 5.32 Å². The molecule has 4 N–H and O–H groups in total. The topological polar surface area (TPSA) is 85.6 Å². The van der Waals surface area contributed by atoms with E-state index in [9.17, 15) is 4.79 Å². The molecule has 0 saturated carbocycles. The monoisotopic (exact) mass is 419 g/mol. The molecule has 0 heterocycles. The summed E-state index contributed by atoms with van der Waals surface area (Å²) in [7, 11) is 2.94. The number of benzene rings is 2. The van der Waals surface area contributed by atoms with Crippen LogP contribution in [-0.4, -0.2) is 30.7 Å². The molecule has 2 aromatic rings. The number of alkyl carbamates (subject to hydrolysis) is 1. The highest BCUT2D eigenvalue weighted by molar-refractivity contribution is 8.00. The van der Waals surface area contributed by atoms with Crippen molar-refractivity contribution in [2.24, 2.45) is 0 Å². The van der Waals surface area contributed by atoms with Gasteiger partial charge in [-0.05, 0) is 61.0 Å². The van der Waals surface area contributed by atoms with E-state index in [-0.39, 0.29) is 5.11 Å². The summed E-state index contributed by atoms with van der Waals surface area (Å²) in [5, 5.41) is 5.88. The van der Waals surface area contributed by atoms with Crippen molar-refractivity contribution in [3.8, 4) is 5.75 Å². The van der Waals surface area contributed by atoms with Gasteiger partial charge in [0, 0.05) is 10.1 Å². The molecule has 150 valence electrons. The highest BCUT2D eigenvalue weighted by Crippen LogP contribution is 2.32. The van der Waals surface area contributed by atoms with Crippen LogP contribution in [0.1, 0.15) is 18.9 Å². The first-order valence-electron chi connectivity index (χ1n) is 8.80. The Hall–Kier alpha value is -2.45. The van der Waals surface area contributed by atoms with Crippen LogP contribution in [0.4, 0.5) is 16.2 Å². The lowest BCUT2D eigenvalue weighted by atomic mass is 10.1. The number of methoxy groups -OCH3 is 2. The zero-order chi connectivity index (χ0) is 20.5. The van der Waals surface area contributed by atoms with Gasteiger partial charge in [-0.2, -0.15) is 0 Å². The van der Waals surface area contributed by atoms with E-state index in [0.717, 1.165) is 23.5 Å². The summed E-state index contributed by atoms with van der Waals surface area (Å²) in [6.45, 7) is 2.17. The Morgan fingerprint density at radius 3 is 2.54 bits per heavy atom. The molecule has 0 fully saturated rings. The standard InChI is InChI=1S/C20H25N3O3S2/c1-4-15(11-13-5-7-14(25-2)8-6-13)28-16-9-10-17(21)18(12-16)22-19(27)23-20(24)26-3/h5-10,12,15H,4,11,21H2,1-3H3,(H2,22,23,24,27). The summed E-state index contributed by atoms with van der Waals surface area (Å²) < 4.78 is 9.74. The van der Waals surface area contributed by atoms with Gasteiger partial charge in [-0.1, -0.05) is 19.1 Å². The van der Waals surface area contributed by atoms with E-state index in [1.54, 1.807) is 18.9 Å². The van der Waals surface area contributed by atoms with E-state index in [4.69, 9.17) is 22.7 Å². The number of amides is 1. The van der Waals surface area contributed by atoms with Crippen molar-refractivity contribution in [2.75, 3.05) is 25.3 Å². The zero-order valence-corrected chi connectivity index (χ0v) is 17.8. The third kappa shape index (κ3) is 6.61. The van der Waals surface area contributed by atoms with Crippen LogP contribution in [0.2, 0.25) is 0 Å². The lowest BCUT2D eigenvalue weighted by Gasteiger charge is -2.17. The Morgan fingerprint density at radius 2 is 1.93 bits per heavy atom. The minimum Gasteiger partial charge on any atom is -0.497 e. The number of thiocarbonyl (C=S) groups is 1. The summed E-state index contributed by atoms with van der Waals surface area (Å²) in [5.74, 6) is 0.857. The highest BCUT2D eigenvalue weighted by atomic mass is 32.2. The van der Waals surface area contributed by atoms with Gasteiger partial charge in [0.05, 0.1) is 25.6 Å². The SMILES string of the molecule is CCC(Cc1ccc(OC)cc1)Sc1ccc(N)c(NC(=S)NC(=O)OC)c1. The van der Waals surface area contributed by atoms with E-state index >= 15 is 0 Å². The first-order valence-corrected chi connectivity index (χ1v) is 10.1. The fraction of sp³-hybridized carbons (Fsp3) is 0.300. The molecular formula is C20H25N3O3S2. The number of nitrogens with one attached hydrogen (secondary N) is 2. The quantitative estimate of drug-likeness (QED) is 0.347. The van der Waals surface area contributed by atoms with Crippen molar-refractivity contribution >= 4 is 46.6 Å². The van der Waals surface area contributed by atoms with E-state index in [2.05, 4.69) is 34.4 Å². The number of rotatable bonds is 7.